The first-order chi connectivity index (χ1) is 9.16. The van der Waals surface area contributed by atoms with Gasteiger partial charge in [-0.3, -0.25) is 0 Å². The lowest BCUT2D eigenvalue weighted by Crippen LogP contribution is -2.35. The molecule has 0 bridgehead atoms. The zero-order chi connectivity index (χ0) is 13.7. The van der Waals surface area contributed by atoms with Gasteiger partial charge in [0.25, 0.3) is 0 Å². The van der Waals surface area contributed by atoms with Crippen LogP contribution < -0.4 is 5.32 Å². The molecule has 1 aliphatic rings. The van der Waals surface area contributed by atoms with Crippen LogP contribution in [-0.2, 0) is 6.54 Å². The average molecular weight is 285 g/mol. The minimum atomic E-state index is -0.283. The van der Waals surface area contributed by atoms with E-state index in [1.54, 1.807) is 6.07 Å². The minimum absolute atomic E-state index is 0.283. The molecule has 0 amide bonds. The Hall–Kier alpha value is -0.640. The molecule has 1 saturated carbocycles. The van der Waals surface area contributed by atoms with E-state index in [-0.39, 0.29) is 5.82 Å². The van der Waals surface area contributed by atoms with Crippen LogP contribution in [0.5, 0.6) is 0 Å². The summed E-state index contributed by atoms with van der Waals surface area (Å²) in [6.07, 6.45) is 5.40. The summed E-state index contributed by atoms with van der Waals surface area (Å²) in [6.45, 7) is 2.67. The monoisotopic (exact) mass is 284 g/mol. The lowest BCUT2D eigenvalue weighted by Gasteiger charge is -2.24. The van der Waals surface area contributed by atoms with Gasteiger partial charge in [-0.05, 0) is 37.6 Å². The highest BCUT2D eigenvalue weighted by Gasteiger charge is 2.18. The summed E-state index contributed by atoms with van der Waals surface area (Å²) in [4.78, 5) is 2.44. The van der Waals surface area contributed by atoms with Crippen molar-refractivity contribution in [3.05, 3.63) is 34.6 Å². The highest BCUT2D eigenvalue weighted by Crippen LogP contribution is 2.22. The van der Waals surface area contributed by atoms with Gasteiger partial charge in [-0.15, -0.1) is 0 Å². The second-order valence-electron chi connectivity index (χ2n) is 5.33. The Kier molecular flexibility index (Phi) is 5.61. The van der Waals surface area contributed by atoms with Crippen LogP contribution in [0.2, 0.25) is 5.02 Å². The van der Waals surface area contributed by atoms with Crippen molar-refractivity contribution in [2.24, 2.45) is 0 Å². The molecule has 106 valence electrons. The van der Waals surface area contributed by atoms with E-state index in [0.29, 0.717) is 11.6 Å². The summed E-state index contributed by atoms with van der Waals surface area (Å²) in [5.74, 6) is -0.283. The van der Waals surface area contributed by atoms with Crippen LogP contribution in [0.15, 0.2) is 18.2 Å². The minimum Gasteiger partial charge on any atom is -0.311 e. The summed E-state index contributed by atoms with van der Waals surface area (Å²) in [5.41, 5.74) is 0.951. The van der Waals surface area contributed by atoms with Gasteiger partial charge < -0.3 is 10.2 Å². The largest absolute Gasteiger partial charge is 0.311 e. The maximum absolute atomic E-state index is 12.9. The van der Waals surface area contributed by atoms with Crippen molar-refractivity contribution in [2.75, 3.05) is 20.1 Å². The Balaban J connectivity index is 1.68. The molecule has 19 heavy (non-hydrogen) atoms. The van der Waals surface area contributed by atoms with Crippen molar-refractivity contribution in [1.82, 2.24) is 10.2 Å². The Morgan fingerprint density at radius 3 is 2.79 bits per heavy atom. The van der Waals surface area contributed by atoms with Crippen molar-refractivity contribution in [2.45, 2.75) is 38.3 Å². The molecular weight excluding hydrogens is 263 g/mol. The molecule has 0 spiro atoms. The van der Waals surface area contributed by atoms with Gasteiger partial charge in [0.15, 0.2) is 0 Å². The quantitative estimate of drug-likeness (QED) is 0.805. The van der Waals surface area contributed by atoms with Gasteiger partial charge in [0.2, 0.25) is 0 Å². The molecule has 1 N–H and O–H groups in total. The Bertz CT molecular complexity index is 405. The van der Waals surface area contributed by atoms with Crippen molar-refractivity contribution in [3.8, 4) is 0 Å². The topological polar surface area (TPSA) is 15.3 Å². The van der Waals surface area contributed by atoms with Gasteiger partial charge in [-0.2, -0.15) is 0 Å². The zero-order valence-corrected chi connectivity index (χ0v) is 12.2. The van der Waals surface area contributed by atoms with Crippen LogP contribution in [0.3, 0.4) is 0 Å². The number of likely N-dealkylation sites (N-methyl/N-ethyl adjacent to an activating group) is 1. The molecule has 1 aliphatic carbocycles. The van der Waals surface area contributed by atoms with Gasteiger partial charge in [0.05, 0.1) is 0 Å². The molecular formula is C15H22ClFN2. The van der Waals surface area contributed by atoms with Gasteiger partial charge in [0, 0.05) is 30.7 Å². The first-order valence-electron chi connectivity index (χ1n) is 7.01. The summed E-state index contributed by atoms with van der Waals surface area (Å²) < 4.78 is 12.9. The predicted octanol–water partition coefficient (Wildman–Crippen LogP) is 3.44. The van der Waals surface area contributed by atoms with Gasteiger partial charge in [0.1, 0.15) is 5.82 Å². The zero-order valence-electron chi connectivity index (χ0n) is 11.5. The van der Waals surface area contributed by atoms with Crippen LogP contribution in [0.25, 0.3) is 0 Å². The van der Waals surface area contributed by atoms with Crippen LogP contribution in [0, 0.1) is 5.82 Å². The lowest BCUT2D eigenvalue weighted by molar-refractivity contribution is 0.245. The number of rotatable bonds is 6. The normalized spacial score (nSPS) is 16.4. The molecule has 2 rings (SSSR count). The fourth-order valence-corrected chi connectivity index (χ4v) is 2.91. The lowest BCUT2D eigenvalue weighted by atomic mass is 10.2. The Morgan fingerprint density at radius 2 is 2.11 bits per heavy atom. The number of hydrogen-bond acceptors (Lipinski definition) is 2. The Labute approximate surface area is 119 Å². The summed E-state index contributed by atoms with van der Waals surface area (Å²) in [5, 5.41) is 3.86. The molecule has 1 fully saturated rings. The molecule has 2 nitrogen and oxygen atoms in total. The predicted molar refractivity (Wildman–Crippen MR) is 78.0 cm³/mol. The van der Waals surface area contributed by atoms with E-state index in [0.717, 1.165) is 24.7 Å². The number of halogens is 2. The molecule has 0 aliphatic heterocycles. The third kappa shape index (κ3) is 4.44. The molecule has 0 heterocycles. The number of nitrogens with zero attached hydrogens (tertiary/aromatic N) is 1. The molecule has 0 aromatic heterocycles. The summed E-state index contributed by atoms with van der Waals surface area (Å²) >= 11 is 5.98. The van der Waals surface area contributed by atoms with Crippen molar-refractivity contribution >= 4 is 11.6 Å². The van der Waals surface area contributed by atoms with Crippen LogP contribution in [0.1, 0.15) is 31.2 Å². The molecule has 0 unspecified atom stereocenters. The number of benzene rings is 1. The molecule has 4 heteroatoms. The fourth-order valence-electron chi connectivity index (χ4n) is 2.67. The summed E-state index contributed by atoms with van der Waals surface area (Å²) in [7, 11) is 2.20. The van der Waals surface area contributed by atoms with E-state index in [9.17, 15) is 4.39 Å². The van der Waals surface area contributed by atoms with E-state index in [1.807, 2.05) is 0 Å². The molecule has 1 aromatic carbocycles. The van der Waals surface area contributed by atoms with Gasteiger partial charge in [-0.1, -0.05) is 30.5 Å². The van der Waals surface area contributed by atoms with Crippen LogP contribution in [0.4, 0.5) is 4.39 Å². The van der Waals surface area contributed by atoms with E-state index < -0.39 is 0 Å². The van der Waals surface area contributed by atoms with Gasteiger partial charge in [-0.25, -0.2) is 4.39 Å². The third-order valence-electron chi connectivity index (χ3n) is 3.92. The van der Waals surface area contributed by atoms with Crippen molar-refractivity contribution < 1.29 is 4.39 Å². The SMILES string of the molecule is CN(CCNCc1ccc(F)cc1Cl)C1CCCC1. The maximum atomic E-state index is 12.9. The Morgan fingerprint density at radius 1 is 1.37 bits per heavy atom. The van der Waals surface area contributed by atoms with E-state index in [2.05, 4.69) is 17.3 Å². The van der Waals surface area contributed by atoms with E-state index >= 15 is 0 Å². The van der Waals surface area contributed by atoms with E-state index in [1.165, 1.54) is 37.8 Å². The second-order valence-corrected chi connectivity index (χ2v) is 5.74. The van der Waals surface area contributed by atoms with Crippen molar-refractivity contribution in [3.63, 3.8) is 0 Å². The molecule has 0 saturated heterocycles. The van der Waals surface area contributed by atoms with Gasteiger partial charge >= 0.3 is 0 Å². The highest BCUT2D eigenvalue weighted by molar-refractivity contribution is 6.31. The second kappa shape index (κ2) is 7.22. The van der Waals surface area contributed by atoms with E-state index in [4.69, 9.17) is 11.6 Å². The molecule has 1 aromatic rings. The average Bonchev–Trinajstić information content (AvgIpc) is 2.90. The van der Waals surface area contributed by atoms with Crippen LogP contribution in [-0.4, -0.2) is 31.1 Å². The third-order valence-corrected chi connectivity index (χ3v) is 4.27. The first-order valence-corrected chi connectivity index (χ1v) is 7.39. The molecule has 0 radical (unpaired) electrons. The number of hydrogen-bond donors (Lipinski definition) is 1. The highest BCUT2D eigenvalue weighted by atomic mass is 35.5. The molecule has 0 atom stereocenters. The summed E-state index contributed by atoms with van der Waals surface area (Å²) in [6, 6.07) is 5.32. The first kappa shape index (κ1) is 14.8. The standard InChI is InChI=1S/C15H22ClFN2/c1-19(14-4-2-3-5-14)9-8-18-11-12-6-7-13(17)10-15(12)16/h6-7,10,14,18H,2-5,8-9,11H2,1H3. The smallest absolute Gasteiger partial charge is 0.124 e. The number of nitrogens with one attached hydrogen (secondary N) is 1. The van der Waals surface area contributed by atoms with Crippen molar-refractivity contribution in [1.29, 1.82) is 0 Å². The maximum Gasteiger partial charge on any atom is 0.124 e. The van der Waals surface area contributed by atoms with Crippen LogP contribution >= 0.6 is 11.6 Å². The fraction of sp³-hybridized carbons (Fsp3) is 0.600.